The molecule has 0 aliphatic carbocycles. The molecule has 0 radical (unpaired) electrons. The molecule has 0 unspecified atom stereocenters. The van der Waals surface area contributed by atoms with Crippen molar-refractivity contribution in [2.45, 2.75) is 11.3 Å². The van der Waals surface area contributed by atoms with Crippen molar-refractivity contribution < 1.29 is 4.92 Å². The maximum Gasteiger partial charge on any atom is 0.251 e. The van der Waals surface area contributed by atoms with Gasteiger partial charge in [0.1, 0.15) is 0 Å². The SMILES string of the molecule is CSc1ccc(C=C(Cc2ccccc2)[N+](=O)[O-])cc1. The summed E-state index contributed by atoms with van der Waals surface area (Å²) >= 11 is 1.65. The molecule has 0 aliphatic heterocycles. The van der Waals surface area contributed by atoms with Crippen molar-refractivity contribution in [1.29, 1.82) is 0 Å². The lowest BCUT2D eigenvalue weighted by molar-refractivity contribution is -0.425. The van der Waals surface area contributed by atoms with Gasteiger partial charge in [0.05, 0.1) is 11.3 Å². The lowest BCUT2D eigenvalue weighted by atomic mass is 10.1. The van der Waals surface area contributed by atoms with E-state index in [4.69, 9.17) is 0 Å². The Kier molecular flexibility index (Phi) is 4.96. The summed E-state index contributed by atoms with van der Waals surface area (Å²) in [5.41, 5.74) is 2.00. The number of benzene rings is 2. The van der Waals surface area contributed by atoms with E-state index >= 15 is 0 Å². The van der Waals surface area contributed by atoms with E-state index in [1.165, 1.54) is 0 Å². The third kappa shape index (κ3) is 3.96. The summed E-state index contributed by atoms with van der Waals surface area (Å²) in [6.07, 6.45) is 3.97. The molecule has 0 fully saturated rings. The normalized spacial score (nSPS) is 11.3. The van der Waals surface area contributed by atoms with Gasteiger partial charge in [-0.3, -0.25) is 10.1 Å². The standard InChI is InChI=1S/C16H15NO2S/c1-20-16-9-7-14(8-10-16)12-15(17(18)19)11-13-5-3-2-4-6-13/h2-10,12H,11H2,1H3. The second kappa shape index (κ2) is 6.91. The van der Waals surface area contributed by atoms with Crippen molar-refractivity contribution in [2.24, 2.45) is 0 Å². The first-order chi connectivity index (χ1) is 9.69. The van der Waals surface area contributed by atoms with E-state index in [0.29, 0.717) is 6.42 Å². The summed E-state index contributed by atoms with van der Waals surface area (Å²) in [5, 5.41) is 11.2. The van der Waals surface area contributed by atoms with E-state index in [2.05, 4.69) is 0 Å². The molecule has 2 rings (SSSR count). The number of nitro groups is 1. The van der Waals surface area contributed by atoms with Gasteiger partial charge in [0, 0.05) is 11.0 Å². The van der Waals surface area contributed by atoms with Gasteiger partial charge >= 0.3 is 0 Å². The van der Waals surface area contributed by atoms with Crippen LogP contribution in [0.2, 0.25) is 0 Å². The molecule has 0 atom stereocenters. The molecule has 0 saturated heterocycles. The van der Waals surface area contributed by atoms with Crippen molar-refractivity contribution >= 4 is 17.8 Å². The molecule has 0 aromatic heterocycles. The van der Waals surface area contributed by atoms with Gasteiger partial charge in [-0.25, -0.2) is 0 Å². The van der Waals surface area contributed by atoms with Crippen LogP contribution < -0.4 is 0 Å². The molecule has 2 aromatic carbocycles. The number of hydrogen-bond donors (Lipinski definition) is 0. The maximum atomic E-state index is 11.2. The molecule has 20 heavy (non-hydrogen) atoms. The Morgan fingerprint density at radius 2 is 1.80 bits per heavy atom. The Bertz CT molecular complexity index is 606. The fourth-order valence-electron chi connectivity index (χ4n) is 1.87. The molecule has 3 nitrogen and oxygen atoms in total. The third-order valence-corrected chi connectivity index (χ3v) is 3.66. The molecular weight excluding hydrogens is 270 g/mol. The van der Waals surface area contributed by atoms with Gasteiger partial charge in [-0.1, -0.05) is 42.5 Å². The van der Waals surface area contributed by atoms with E-state index < -0.39 is 0 Å². The Hall–Kier alpha value is -2.07. The topological polar surface area (TPSA) is 43.1 Å². The van der Waals surface area contributed by atoms with Crippen LogP contribution in [-0.4, -0.2) is 11.2 Å². The fourth-order valence-corrected chi connectivity index (χ4v) is 2.27. The Morgan fingerprint density at radius 3 is 2.35 bits per heavy atom. The molecule has 0 heterocycles. The highest BCUT2D eigenvalue weighted by Gasteiger charge is 2.11. The minimum absolute atomic E-state index is 0.202. The van der Waals surface area contributed by atoms with Gasteiger partial charge in [-0.05, 0) is 29.5 Å². The van der Waals surface area contributed by atoms with Crippen molar-refractivity contribution in [3.05, 3.63) is 81.5 Å². The van der Waals surface area contributed by atoms with Gasteiger partial charge in [0.2, 0.25) is 0 Å². The second-order valence-corrected chi connectivity index (χ2v) is 5.21. The average molecular weight is 285 g/mol. The molecule has 0 spiro atoms. The summed E-state index contributed by atoms with van der Waals surface area (Å²) in [6.45, 7) is 0. The van der Waals surface area contributed by atoms with Crippen LogP contribution in [0.25, 0.3) is 6.08 Å². The van der Waals surface area contributed by atoms with Gasteiger partial charge in [-0.15, -0.1) is 11.8 Å². The Labute approximate surface area is 122 Å². The molecule has 0 bridgehead atoms. The van der Waals surface area contributed by atoms with Crippen LogP contribution in [0, 0.1) is 10.1 Å². The zero-order valence-electron chi connectivity index (χ0n) is 11.2. The van der Waals surface area contributed by atoms with E-state index in [0.717, 1.165) is 16.0 Å². The van der Waals surface area contributed by atoms with E-state index in [-0.39, 0.29) is 10.6 Å². The van der Waals surface area contributed by atoms with E-state index in [1.54, 1.807) is 17.8 Å². The number of nitrogens with zero attached hydrogens (tertiary/aromatic N) is 1. The highest BCUT2D eigenvalue weighted by Crippen LogP contribution is 2.18. The monoisotopic (exact) mass is 285 g/mol. The van der Waals surface area contributed by atoms with Gasteiger partial charge in [-0.2, -0.15) is 0 Å². The summed E-state index contributed by atoms with van der Waals surface area (Å²) in [5.74, 6) is 0. The molecule has 0 amide bonds. The van der Waals surface area contributed by atoms with Gasteiger partial charge < -0.3 is 0 Å². The number of allylic oxidation sites excluding steroid dienone is 1. The molecule has 0 N–H and O–H groups in total. The molecule has 102 valence electrons. The van der Waals surface area contributed by atoms with Crippen LogP contribution in [0.15, 0.2) is 65.2 Å². The average Bonchev–Trinajstić information content (AvgIpc) is 2.48. The maximum absolute atomic E-state index is 11.2. The van der Waals surface area contributed by atoms with Crippen molar-refractivity contribution in [3.63, 3.8) is 0 Å². The van der Waals surface area contributed by atoms with Crippen LogP contribution in [0.3, 0.4) is 0 Å². The van der Waals surface area contributed by atoms with Crippen LogP contribution in [0.1, 0.15) is 11.1 Å². The molecule has 0 saturated carbocycles. The summed E-state index contributed by atoms with van der Waals surface area (Å²) in [7, 11) is 0. The van der Waals surface area contributed by atoms with E-state index in [1.807, 2.05) is 60.9 Å². The number of thioether (sulfide) groups is 1. The molecule has 4 heteroatoms. The summed E-state index contributed by atoms with van der Waals surface area (Å²) < 4.78 is 0. The van der Waals surface area contributed by atoms with Crippen LogP contribution in [0.4, 0.5) is 0 Å². The highest BCUT2D eigenvalue weighted by atomic mass is 32.2. The predicted molar refractivity (Wildman–Crippen MR) is 83.3 cm³/mol. The first-order valence-corrected chi connectivity index (χ1v) is 7.44. The Morgan fingerprint density at radius 1 is 1.15 bits per heavy atom. The Balaban J connectivity index is 2.23. The number of hydrogen-bond acceptors (Lipinski definition) is 3. The lowest BCUT2D eigenvalue weighted by Crippen LogP contribution is -2.02. The van der Waals surface area contributed by atoms with Gasteiger partial charge in [0.25, 0.3) is 5.70 Å². The molecule has 2 aromatic rings. The first kappa shape index (κ1) is 14.3. The highest BCUT2D eigenvalue weighted by molar-refractivity contribution is 7.98. The lowest BCUT2D eigenvalue weighted by Gasteiger charge is -2.01. The third-order valence-electron chi connectivity index (χ3n) is 2.91. The van der Waals surface area contributed by atoms with Crippen LogP contribution in [-0.2, 0) is 6.42 Å². The first-order valence-electron chi connectivity index (χ1n) is 6.22. The predicted octanol–water partition coefficient (Wildman–Crippen LogP) is 4.27. The molecule has 0 aliphatic rings. The van der Waals surface area contributed by atoms with Crippen molar-refractivity contribution in [2.75, 3.05) is 6.26 Å². The quantitative estimate of drug-likeness (QED) is 0.468. The van der Waals surface area contributed by atoms with Crippen LogP contribution in [0.5, 0.6) is 0 Å². The summed E-state index contributed by atoms with van der Waals surface area (Å²) in [4.78, 5) is 12.0. The van der Waals surface area contributed by atoms with Crippen molar-refractivity contribution in [1.82, 2.24) is 0 Å². The summed E-state index contributed by atoms with van der Waals surface area (Å²) in [6, 6.07) is 17.2. The second-order valence-electron chi connectivity index (χ2n) is 4.33. The van der Waals surface area contributed by atoms with Crippen LogP contribution >= 0.6 is 11.8 Å². The van der Waals surface area contributed by atoms with Gasteiger partial charge in [0.15, 0.2) is 0 Å². The minimum Gasteiger partial charge on any atom is -0.259 e. The van der Waals surface area contributed by atoms with E-state index in [9.17, 15) is 10.1 Å². The number of rotatable bonds is 5. The smallest absolute Gasteiger partial charge is 0.251 e. The fraction of sp³-hybridized carbons (Fsp3) is 0.125. The minimum atomic E-state index is -0.310. The zero-order chi connectivity index (χ0) is 14.4. The zero-order valence-corrected chi connectivity index (χ0v) is 12.0. The largest absolute Gasteiger partial charge is 0.259 e. The molecular formula is C16H15NO2S. The van der Waals surface area contributed by atoms with Crippen molar-refractivity contribution in [3.8, 4) is 0 Å².